The van der Waals surface area contributed by atoms with E-state index in [9.17, 15) is 5.26 Å². The molecular formula is C38H55NP2. The van der Waals surface area contributed by atoms with Gasteiger partial charge in [-0.2, -0.15) is 5.26 Å². The number of nitriles is 1. The summed E-state index contributed by atoms with van der Waals surface area (Å²) in [5.74, 6) is 0.676. The van der Waals surface area contributed by atoms with E-state index in [1.807, 2.05) is 5.31 Å². The molecule has 5 aliphatic rings. The summed E-state index contributed by atoms with van der Waals surface area (Å²) >= 11 is 0. The molecule has 4 fully saturated rings. The van der Waals surface area contributed by atoms with Crippen LogP contribution in [0.5, 0.6) is 0 Å². The van der Waals surface area contributed by atoms with Crippen LogP contribution >= 0.6 is 15.8 Å². The van der Waals surface area contributed by atoms with Gasteiger partial charge < -0.3 is 0 Å². The zero-order chi connectivity index (χ0) is 28.1. The molecule has 1 nitrogen and oxygen atoms in total. The highest BCUT2D eigenvalue weighted by molar-refractivity contribution is 7.64. The van der Waals surface area contributed by atoms with Gasteiger partial charge in [-0.3, -0.25) is 0 Å². The second-order valence-electron chi connectivity index (χ2n) is 14.2. The maximum atomic E-state index is 9.59. The van der Waals surface area contributed by atoms with Crippen molar-refractivity contribution in [2.75, 3.05) is 0 Å². The molecule has 2 unspecified atom stereocenters. The minimum atomic E-state index is -0.195. The van der Waals surface area contributed by atoms with Gasteiger partial charge in [0.15, 0.2) is 0 Å². The summed E-state index contributed by atoms with van der Waals surface area (Å²) in [7, 11) is -0.229. The summed E-state index contributed by atoms with van der Waals surface area (Å²) in [6.07, 6.45) is 37.0. The minimum absolute atomic E-state index is 0.0340. The highest BCUT2D eigenvalue weighted by Gasteiger charge is 2.49. The highest BCUT2D eigenvalue weighted by atomic mass is 31.1. The van der Waals surface area contributed by atoms with Crippen LogP contribution in [0.1, 0.15) is 146 Å². The summed E-state index contributed by atoms with van der Waals surface area (Å²) in [6, 6.07) is 11.5. The summed E-state index contributed by atoms with van der Waals surface area (Å²) < 4.78 is 0. The molecule has 3 atom stereocenters. The molecule has 1 aromatic carbocycles. The van der Waals surface area contributed by atoms with Gasteiger partial charge in [-0.15, -0.1) is 0 Å². The number of nitrogens with zero attached hydrogens (tertiary/aromatic N) is 1. The summed E-state index contributed by atoms with van der Waals surface area (Å²) in [4.78, 5) is 0. The van der Waals surface area contributed by atoms with Crippen LogP contribution in [0.2, 0.25) is 0 Å². The number of allylic oxidation sites excluding steroid dienone is 4. The molecule has 6 rings (SSSR count). The van der Waals surface area contributed by atoms with Gasteiger partial charge in [0.1, 0.15) is 0 Å². The molecule has 0 bridgehead atoms. The minimum Gasteiger partial charge on any atom is -0.192 e. The standard InChI is InChI=1S/C38H55NP2/c1-30(36-21-14-22-37(36)40(33-15-6-2-7-16-33)34-17-8-3-9-18-34)41(35-19-10-4-11-20-35)38(27-12-5-13-28-38)32-25-23-31(29-39)24-26-32/h14,21-26,30,33-36H,2-13,15-20,27-28H2,1H3/t30?,36?,41-/m0/s1. The average molecular weight is 588 g/mol. The molecule has 3 heteroatoms. The van der Waals surface area contributed by atoms with Gasteiger partial charge in [0.2, 0.25) is 0 Å². The van der Waals surface area contributed by atoms with Gasteiger partial charge in [0.25, 0.3) is 0 Å². The molecule has 0 saturated heterocycles. The van der Waals surface area contributed by atoms with E-state index in [2.05, 4.69) is 55.5 Å². The van der Waals surface area contributed by atoms with Crippen molar-refractivity contribution in [2.45, 2.75) is 163 Å². The van der Waals surface area contributed by atoms with Gasteiger partial charge in [-0.1, -0.05) is 130 Å². The van der Waals surface area contributed by atoms with E-state index in [0.29, 0.717) is 11.1 Å². The smallest absolute Gasteiger partial charge is 0.0991 e. The molecule has 1 aromatic rings. The van der Waals surface area contributed by atoms with Crippen LogP contribution in [0.25, 0.3) is 0 Å². The number of hydrogen-bond acceptors (Lipinski definition) is 1. The molecule has 0 heterocycles. The maximum absolute atomic E-state index is 9.59. The first kappa shape index (κ1) is 30.1. The number of rotatable bonds is 8. The van der Waals surface area contributed by atoms with E-state index in [1.165, 1.54) is 128 Å². The Balaban J connectivity index is 1.37. The van der Waals surface area contributed by atoms with Crippen LogP contribution < -0.4 is 0 Å². The lowest BCUT2D eigenvalue weighted by molar-refractivity contribution is 0.386. The zero-order valence-electron chi connectivity index (χ0n) is 25.9. The third kappa shape index (κ3) is 6.47. The Kier molecular flexibility index (Phi) is 10.4. The van der Waals surface area contributed by atoms with E-state index in [-0.39, 0.29) is 15.8 Å². The Hall–Kier alpha value is -0.950. The average Bonchev–Trinajstić information content (AvgIpc) is 3.53. The van der Waals surface area contributed by atoms with Crippen LogP contribution in [0.4, 0.5) is 0 Å². The molecule has 0 aromatic heterocycles. The fourth-order valence-electron chi connectivity index (χ4n) is 9.88. The van der Waals surface area contributed by atoms with Crippen LogP contribution in [-0.2, 0) is 5.16 Å². The van der Waals surface area contributed by atoms with Crippen molar-refractivity contribution < 1.29 is 0 Å². The Bertz CT molecular complexity index is 1050. The number of benzene rings is 1. The second-order valence-corrected chi connectivity index (χ2v) is 20.2. The molecular weight excluding hydrogens is 532 g/mol. The normalized spacial score (nSPS) is 27.8. The predicted octanol–water partition coefficient (Wildman–Crippen LogP) is 12.1. The SMILES string of the molecule is CC(C1C=CC=C1P(C1CCCCC1)C1CCCCC1)[P@@](C1CCCCC1)C1(c2ccc(C#N)cc2)CCCCC1. The van der Waals surface area contributed by atoms with Crippen LogP contribution in [0.15, 0.2) is 47.8 Å². The fraction of sp³-hybridized carbons (Fsp3) is 0.711. The van der Waals surface area contributed by atoms with Gasteiger partial charge in [0, 0.05) is 11.1 Å². The largest absolute Gasteiger partial charge is 0.192 e. The highest BCUT2D eigenvalue weighted by Crippen LogP contribution is 2.73. The van der Waals surface area contributed by atoms with E-state index >= 15 is 0 Å². The van der Waals surface area contributed by atoms with Crippen molar-refractivity contribution >= 4 is 15.8 Å². The first-order chi connectivity index (χ1) is 20.2. The lowest BCUT2D eigenvalue weighted by Gasteiger charge is -2.53. The van der Waals surface area contributed by atoms with E-state index in [4.69, 9.17) is 0 Å². The predicted molar refractivity (Wildman–Crippen MR) is 181 cm³/mol. The quantitative estimate of drug-likeness (QED) is 0.278. The topological polar surface area (TPSA) is 23.8 Å². The van der Waals surface area contributed by atoms with Crippen molar-refractivity contribution in [1.29, 1.82) is 5.26 Å². The molecule has 0 spiro atoms. The third-order valence-electron chi connectivity index (χ3n) is 11.8. The molecule has 0 amide bonds. The zero-order valence-corrected chi connectivity index (χ0v) is 27.7. The Morgan fingerprint density at radius 3 is 1.76 bits per heavy atom. The van der Waals surface area contributed by atoms with E-state index in [0.717, 1.165) is 28.2 Å². The van der Waals surface area contributed by atoms with E-state index < -0.39 is 0 Å². The van der Waals surface area contributed by atoms with E-state index in [1.54, 1.807) is 5.56 Å². The fourth-order valence-corrected chi connectivity index (χ4v) is 19.1. The first-order valence-electron chi connectivity index (χ1n) is 17.7. The van der Waals surface area contributed by atoms with Crippen molar-refractivity contribution in [3.8, 4) is 6.07 Å². The van der Waals surface area contributed by atoms with Crippen LogP contribution in [0.3, 0.4) is 0 Å². The molecule has 4 saturated carbocycles. The third-order valence-corrected chi connectivity index (χ3v) is 19.7. The van der Waals surface area contributed by atoms with Crippen molar-refractivity contribution in [3.05, 3.63) is 58.9 Å². The molecule has 0 N–H and O–H groups in total. The lowest BCUT2D eigenvalue weighted by atomic mass is 9.82. The number of hydrogen-bond donors (Lipinski definition) is 0. The van der Waals surface area contributed by atoms with Gasteiger partial charge in [0.05, 0.1) is 11.6 Å². The van der Waals surface area contributed by atoms with Crippen LogP contribution in [0, 0.1) is 17.2 Å². The molecule has 222 valence electrons. The molecule has 0 aliphatic heterocycles. The Labute approximate surface area is 254 Å². The first-order valence-corrected chi connectivity index (χ1v) is 20.6. The van der Waals surface area contributed by atoms with Crippen molar-refractivity contribution in [1.82, 2.24) is 0 Å². The van der Waals surface area contributed by atoms with Gasteiger partial charge in [-0.05, 0) is 97.0 Å². The molecule has 41 heavy (non-hydrogen) atoms. The van der Waals surface area contributed by atoms with Gasteiger partial charge >= 0.3 is 0 Å². The Morgan fingerprint density at radius 2 is 1.22 bits per heavy atom. The monoisotopic (exact) mass is 587 g/mol. The molecule has 5 aliphatic carbocycles. The summed E-state index contributed by atoms with van der Waals surface area (Å²) in [5.41, 5.74) is 6.06. The van der Waals surface area contributed by atoms with Crippen molar-refractivity contribution in [3.63, 3.8) is 0 Å². The lowest BCUT2D eigenvalue weighted by Crippen LogP contribution is -2.37. The summed E-state index contributed by atoms with van der Waals surface area (Å²) in [5, 5.41) is 11.9. The molecule has 0 radical (unpaired) electrons. The van der Waals surface area contributed by atoms with Crippen molar-refractivity contribution in [2.24, 2.45) is 5.92 Å². The maximum Gasteiger partial charge on any atom is 0.0991 e. The second kappa shape index (κ2) is 14.2. The summed E-state index contributed by atoms with van der Waals surface area (Å²) in [6.45, 7) is 2.74. The van der Waals surface area contributed by atoms with Crippen LogP contribution in [-0.4, -0.2) is 22.6 Å². The van der Waals surface area contributed by atoms with Gasteiger partial charge in [-0.25, -0.2) is 0 Å². The Morgan fingerprint density at radius 1 is 0.707 bits per heavy atom.